The van der Waals surface area contributed by atoms with E-state index in [1.54, 1.807) is 0 Å². The number of nitrogens with one attached hydrogen (secondary N) is 1. The van der Waals surface area contributed by atoms with Crippen molar-refractivity contribution in [3.05, 3.63) is 0 Å². The van der Waals surface area contributed by atoms with Gasteiger partial charge in [0.1, 0.15) is 0 Å². The van der Waals surface area contributed by atoms with E-state index in [4.69, 9.17) is 5.11 Å². The van der Waals surface area contributed by atoms with Gasteiger partial charge in [0.05, 0.1) is 12.0 Å². The largest absolute Gasteiger partial charge is 0.465 e. The van der Waals surface area contributed by atoms with Crippen LogP contribution in [-0.2, 0) is 4.79 Å². The fourth-order valence-corrected chi connectivity index (χ4v) is 2.75. The smallest absolute Gasteiger partial charge is 0.404 e. The molecule has 0 saturated heterocycles. The van der Waals surface area contributed by atoms with Crippen molar-refractivity contribution in [2.45, 2.75) is 50.5 Å². The molecular formula is C13H21N3O4. The molecule has 0 bridgehead atoms. The normalized spacial score (nSPS) is 21.1. The molecule has 0 radical (unpaired) electrons. The zero-order chi connectivity index (χ0) is 14.6. The Morgan fingerprint density at radius 1 is 1.40 bits per heavy atom. The Hall–Kier alpha value is -1.63. The van der Waals surface area contributed by atoms with Gasteiger partial charge in [-0.1, -0.05) is 12.8 Å². The standard InChI is InChI=1S/C13H21N3O4/c17-11-9-10(3-7-14-12(18)19)15-16(11)8-6-13(20)4-1-2-5-13/h14,20H,1-9H2,(H,18,19). The van der Waals surface area contributed by atoms with Crippen LogP contribution in [0.4, 0.5) is 4.79 Å². The Bertz CT molecular complexity index is 416. The quantitative estimate of drug-likeness (QED) is 0.674. The van der Waals surface area contributed by atoms with Crippen LogP contribution in [-0.4, -0.2) is 51.6 Å². The van der Waals surface area contributed by atoms with E-state index in [1.165, 1.54) is 5.01 Å². The van der Waals surface area contributed by atoms with Crippen LogP contribution in [0.5, 0.6) is 0 Å². The summed E-state index contributed by atoms with van der Waals surface area (Å²) in [6.07, 6.45) is 3.86. The minimum Gasteiger partial charge on any atom is -0.465 e. The van der Waals surface area contributed by atoms with E-state index >= 15 is 0 Å². The van der Waals surface area contributed by atoms with Crippen LogP contribution >= 0.6 is 0 Å². The lowest BCUT2D eigenvalue weighted by molar-refractivity contribution is -0.129. The first-order chi connectivity index (χ1) is 9.48. The van der Waals surface area contributed by atoms with E-state index in [0.29, 0.717) is 25.1 Å². The lowest BCUT2D eigenvalue weighted by atomic mass is 9.98. The third-order valence-electron chi connectivity index (χ3n) is 3.92. The third kappa shape index (κ3) is 3.93. The van der Waals surface area contributed by atoms with Crippen LogP contribution in [0.3, 0.4) is 0 Å². The summed E-state index contributed by atoms with van der Waals surface area (Å²) in [5, 5.41) is 26.6. The van der Waals surface area contributed by atoms with Crippen molar-refractivity contribution in [3.63, 3.8) is 0 Å². The molecule has 1 heterocycles. The van der Waals surface area contributed by atoms with Gasteiger partial charge in [0.25, 0.3) is 0 Å². The van der Waals surface area contributed by atoms with Crippen molar-refractivity contribution in [1.29, 1.82) is 0 Å². The molecule has 1 fully saturated rings. The minimum atomic E-state index is -1.07. The van der Waals surface area contributed by atoms with Gasteiger partial charge < -0.3 is 15.5 Å². The first-order valence-corrected chi connectivity index (χ1v) is 7.04. The minimum absolute atomic E-state index is 0.0723. The van der Waals surface area contributed by atoms with Crippen molar-refractivity contribution >= 4 is 17.7 Å². The molecule has 20 heavy (non-hydrogen) atoms. The molecule has 1 saturated carbocycles. The fraction of sp³-hybridized carbons (Fsp3) is 0.769. The highest BCUT2D eigenvalue weighted by Crippen LogP contribution is 2.32. The number of hydrazone groups is 1. The summed E-state index contributed by atoms with van der Waals surface area (Å²) in [5.41, 5.74) is 0.0609. The van der Waals surface area contributed by atoms with E-state index in [0.717, 1.165) is 25.7 Å². The summed E-state index contributed by atoms with van der Waals surface area (Å²) in [6, 6.07) is 0. The Labute approximate surface area is 117 Å². The van der Waals surface area contributed by atoms with E-state index < -0.39 is 11.7 Å². The molecule has 0 aromatic rings. The summed E-state index contributed by atoms with van der Waals surface area (Å²) >= 11 is 0. The molecule has 112 valence electrons. The number of rotatable bonds is 6. The van der Waals surface area contributed by atoms with Gasteiger partial charge in [-0.2, -0.15) is 5.10 Å². The molecule has 7 heteroatoms. The van der Waals surface area contributed by atoms with Crippen LogP contribution in [0.15, 0.2) is 5.10 Å². The average molecular weight is 283 g/mol. The van der Waals surface area contributed by atoms with Crippen molar-refractivity contribution in [1.82, 2.24) is 10.3 Å². The molecule has 0 aromatic carbocycles. The highest BCUT2D eigenvalue weighted by Gasteiger charge is 2.33. The molecular weight excluding hydrogens is 262 g/mol. The molecule has 1 aliphatic heterocycles. The van der Waals surface area contributed by atoms with Crippen molar-refractivity contribution in [3.8, 4) is 0 Å². The van der Waals surface area contributed by atoms with E-state index in [1.807, 2.05) is 0 Å². The van der Waals surface area contributed by atoms with E-state index in [-0.39, 0.29) is 18.9 Å². The second-order valence-electron chi connectivity index (χ2n) is 5.52. The highest BCUT2D eigenvalue weighted by molar-refractivity contribution is 6.05. The number of carbonyl (C=O) groups excluding carboxylic acids is 1. The molecule has 7 nitrogen and oxygen atoms in total. The second kappa shape index (κ2) is 6.21. The second-order valence-corrected chi connectivity index (χ2v) is 5.52. The molecule has 1 aliphatic carbocycles. The van der Waals surface area contributed by atoms with Gasteiger partial charge in [-0.15, -0.1) is 0 Å². The van der Waals surface area contributed by atoms with Gasteiger partial charge in [0.2, 0.25) is 5.91 Å². The van der Waals surface area contributed by atoms with Crippen LogP contribution < -0.4 is 5.32 Å². The zero-order valence-electron chi connectivity index (χ0n) is 11.5. The van der Waals surface area contributed by atoms with Crippen molar-refractivity contribution < 1.29 is 19.8 Å². The lowest BCUT2D eigenvalue weighted by Gasteiger charge is -2.23. The number of aliphatic hydroxyl groups is 1. The Morgan fingerprint density at radius 3 is 2.75 bits per heavy atom. The fourth-order valence-electron chi connectivity index (χ4n) is 2.75. The molecule has 0 aromatic heterocycles. The number of carboxylic acid groups (broad SMARTS) is 1. The van der Waals surface area contributed by atoms with Crippen molar-refractivity contribution in [2.24, 2.45) is 5.10 Å². The first kappa shape index (κ1) is 14.8. The molecule has 2 aliphatic rings. The summed E-state index contributed by atoms with van der Waals surface area (Å²) < 4.78 is 0. The molecule has 2 rings (SSSR count). The molecule has 0 unspecified atom stereocenters. The Morgan fingerprint density at radius 2 is 2.10 bits per heavy atom. The van der Waals surface area contributed by atoms with Gasteiger partial charge in [-0.25, -0.2) is 9.80 Å². The molecule has 0 spiro atoms. The predicted molar refractivity (Wildman–Crippen MR) is 72.4 cm³/mol. The van der Waals surface area contributed by atoms with Crippen LogP contribution in [0, 0.1) is 0 Å². The maximum Gasteiger partial charge on any atom is 0.404 e. The third-order valence-corrected chi connectivity index (χ3v) is 3.92. The van der Waals surface area contributed by atoms with Gasteiger partial charge in [0.15, 0.2) is 0 Å². The monoisotopic (exact) mass is 283 g/mol. The zero-order valence-corrected chi connectivity index (χ0v) is 11.5. The lowest BCUT2D eigenvalue weighted by Crippen LogP contribution is -2.31. The van der Waals surface area contributed by atoms with E-state index in [2.05, 4.69) is 10.4 Å². The number of hydrogen-bond acceptors (Lipinski definition) is 4. The maximum atomic E-state index is 11.8. The van der Waals surface area contributed by atoms with Crippen molar-refractivity contribution in [2.75, 3.05) is 13.1 Å². The Balaban J connectivity index is 1.78. The summed E-state index contributed by atoms with van der Waals surface area (Å²) in [4.78, 5) is 22.1. The summed E-state index contributed by atoms with van der Waals surface area (Å²) in [7, 11) is 0. The van der Waals surface area contributed by atoms with Crippen LogP contribution in [0.2, 0.25) is 0 Å². The van der Waals surface area contributed by atoms with E-state index in [9.17, 15) is 14.7 Å². The average Bonchev–Trinajstić information content (AvgIpc) is 2.94. The predicted octanol–water partition coefficient (Wildman–Crippen LogP) is 0.928. The van der Waals surface area contributed by atoms with Gasteiger partial charge in [0, 0.05) is 25.2 Å². The first-order valence-electron chi connectivity index (χ1n) is 7.04. The number of amides is 2. The molecule has 3 N–H and O–H groups in total. The van der Waals surface area contributed by atoms with Crippen LogP contribution in [0.1, 0.15) is 44.9 Å². The van der Waals surface area contributed by atoms with Gasteiger partial charge >= 0.3 is 6.09 Å². The van der Waals surface area contributed by atoms with Gasteiger partial charge in [-0.05, 0) is 19.3 Å². The van der Waals surface area contributed by atoms with Crippen LogP contribution in [0.25, 0.3) is 0 Å². The maximum absolute atomic E-state index is 11.8. The number of carbonyl (C=O) groups is 2. The SMILES string of the molecule is O=C(O)NCCC1=NN(CCC2(O)CCCC2)C(=O)C1. The highest BCUT2D eigenvalue weighted by atomic mass is 16.4. The number of hydrogen-bond donors (Lipinski definition) is 3. The summed E-state index contributed by atoms with van der Waals surface area (Å²) in [6.45, 7) is 0.699. The Kier molecular flexibility index (Phi) is 4.59. The molecule has 2 amide bonds. The van der Waals surface area contributed by atoms with Gasteiger partial charge in [-0.3, -0.25) is 4.79 Å². The topological polar surface area (TPSA) is 102 Å². The number of nitrogens with zero attached hydrogens (tertiary/aromatic N) is 2. The summed E-state index contributed by atoms with van der Waals surface area (Å²) in [5.74, 6) is -0.0723. The molecule has 0 atom stereocenters.